The van der Waals surface area contributed by atoms with Gasteiger partial charge in [0.15, 0.2) is 17.4 Å². The smallest absolute Gasteiger partial charge is 0.280 e. The molecule has 1 aliphatic rings. The van der Waals surface area contributed by atoms with Crippen LogP contribution in [0.5, 0.6) is 0 Å². The lowest BCUT2D eigenvalue weighted by atomic mass is 10.1. The molecule has 0 spiro atoms. The lowest BCUT2D eigenvalue weighted by Gasteiger charge is -2.16. The lowest BCUT2D eigenvalue weighted by Crippen LogP contribution is -2.33. The summed E-state index contributed by atoms with van der Waals surface area (Å²) in [6.07, 6.45) is -3.21. The van der Waals surface area contributed by atoms with Crippen LogP contribution in [-0.2, 0) is 4.74 Å². The van der Waals surface area contributed by atoms with Crippen molar-refractivity contribution in [3.05, 3.63) is 16.7 Å². The molecule has 1 fully saturated rings. The van der Waals surface area contributed by atoms with Crippen molar-refractivity contribution >= 4 is 41.9 Å². The second kappa shape index (κ2) is 6.77. The molecule has 2 aromatic rings. The summed E-state index contributed by atoms with van der Waals surface area (Å²) >= 11 is 0. The second-order valence-corrected chi connectivity index (χ2v) is 4.50. The van der Waals surface area contributed by atoms with Crippen LogP contribution in [0.2, 0.25) is 0 Å². The molecule has 124 valence electrons. The number of aromatic nitrogens is 4. The predicted octanol–water partition coefficient (Wildman–Crippen LogP) is -1.84. The minimum atomic E-state index is -1.29. The van der Waals surface area contributed by atoms with Crippen LogP contribution in [0.3, 0.4) is 0 Å². The highest BCUT2D eigenvalue weighted by atomic mass is 35.5. The lowest BCUT2D eigenvalue weighted by molar-refractivity contribution is -0.0511. The summed E-state index contributed by atoms with van der Waals surface area (Å²) < 4.78 is 6.64. The Morgan fingerprint density at radius 1 is 1.36 bits per heavy atom. The number of aromatic amines is 1. The largest absolute Gasteiger partial charge is 0.394 e. The van der Waals surface area contributed by atoms with Crippen LogP contribution in [-0.4, -0.2) is 59.8 Å². The number of nitrogens with zero attached hydrogens (tertiary/aromatic N) is 3. The van der Waals surface area contributed by atoms with E-state index in [2.05, 4.69) is 15.0 Å². The number of hydrogen-bond donors (Lipinski definition) is 5. The van der Waals surface area contributed by atoms with Gasteiger partial charge >= 0.3 is 0 Å². The Hall–Kier alpha value is -1.43. The summed E-state index contributed by atoms with van der Waals surface area (Å²) in [5, 5.41) is 28.7. The van der Waals surface area contributed by atoms with Gasteiger partial charge in [-0.05, 0) is 0 Å². The first-order valence-electron chi connectivity index (χ1n) is 5.87. The monoisotopic (exact) mass is 355 g/mol. The zero-order valence-corrected chi connectivity index (χ0v) is 12.6. The molecule has 0 aromatic carbocycles. The number of nitrogen functional groups attached to an aromatic ring is 1. The molecule has 0 saturated carbocycles. The minimum Gasteiger partial charge on any atom is -0.394 e. The number of nitrogens with two attached hydrogens (primary N) is 1. The number of imidazole rings is 1. The van der Waals surface area contributed by atoms with Gasteiger partial charge in [-0.3, -0.25) is 14.3 Å². The summed E-state index contributed by atoms with van der Waals surface area (Å²) in [5.41, 5.74) is 5.12. The first-order valence-corrected chi connectivity index (χ1v) is 5.87. The van der Waals surface area contributed by atoms with Gasteiger partial charge in [0, 0.05) is 0 Å². The van der Waals surface area contributed by atoms with Crippen molar-refractivity contribution in [2.24, 2.45) is 0 Å². The molecule has 0 radical (unpaired) electrons. The third kappa shape index (κ3) is 2.76. The molecule has 3 rings (SSSR count). The molecule has 2 aromatic heterocycles. The number of ether oxygens (including phenoxy) is 1. The molecule has 22 heavy (non-hydrogen) atoms. The Balaban J connectivity index is 0.00000121. The third-order valence-corrected chi connectivity index (χ3v) is 3.24. The van der Waals surface area contributed by atoms with Gasteiger partial charge in [-0.15, -0.1) is 24.8 Å². The van der Waals surface area contributed by atoms with Crippen LogP contribution in [0.1, 0.15) is 6.23 Å². The highest BCUT2D eigenvalue weighted by molar-refractivity contribution is 5.85. The number of fused-ring (bicyclic) bond motifs is 1. The summed E-state index contributed by atoms with van der Waals surface area (Å²) in [4.78, 5) is 21.8. The van der Waals surface area contributed by atoms with E-state index >= 15 is 0 Å². The van der Waals surface area contributed by atoms with E-state index < -0.39 is 36.7 Å². The van der Waals surface area contributed by atoms with E-state index in [1.54, 1.807) is 0 Å². The normalized spacial score (nSPS) is 27.4. The van der Waals surface area contributed by atoms with Gasteiger partial charge in [0.2, 0.25) is 5.95 Å². The topological polar surface area (TPSA) is 160 Å². The van der Waals surface area contributed by atoms with E-state index in [0.717, 1.165) is 0 Å². The van der Waals surface area contributed by atoms with Crippen molar-refractivity contribution in [2.75, 3.05) is 12.3 Å². The van der Waals surface area contributed by atoms with Gasteiger partial charge in [0.1, 0.15) is 18.3 Å². The zero-order chi connectivity index (χ0) is 14.4. The maximum atomic E-state index is 11.7. The summed E-state index contributed by atoms with van der Waals surface area (Å²) in [6, 6.07) is 0. The van der Waals surface area contributed by atoms with E-state index in [1.807, 2.05) is 0 Å². The van der Waals surface area contributed by atoms with Crippen LogP contribution in [0.4, 0.5) is 5.95 Å². The maximum absolute atomic E-state index is 11.7. The average Bonchev–Trinajstić information content (AvgIpc) is 2.93. The predicted molar refractivity (Wildman–Crippen MR) is 80.1 cm³/mol. The van der Waals surface area contributed by atoms with Gasteiger partial charge in [-0.2, -0.15) is 4.98 Å². The first-order chi connectivity index (χ1) is 9.52. The molecule has 3 heterocycles. The van der Waals surface area contributed by atoms with Crippen molar-refractivity contribution in [3.8, 4) is 0 Å². The molecule has 1 saturated heterocycles. The fraction of sp³-hybridized carbons (Fsp3) is 0.500. The molecule has 1 aliphatic heterocycles. The van der Waals surface area contributed by atoms with Crippen LogP contribution >= 0.6 is 24.8 Å². The molecule has 10 nitrogen and oxygen atoms in total. The number of aliphatic hydroxyl groups is 3. The molecule has 4 atom stereocenters. The third-order valence-electron chi connectivity index (χ3n) is 3.24. The Morgan fingerprint density at radius 2 is 2.05 bits per heavy atom. The van der Waals surface area contributed by atoms with Crippen LogP contribution in [0, 0.1) is 0 Å². The first kappa shape index (κ1) is 18.6. The van der Waals surface area contributed by atoms with E-state index in [0.29, 0.717) is 0 Å². The molecule has 6 N–H and O–H groups in total. The maximum Gasteiger partial charge on any atom is 0.280 e. The molecular formula is C10H15Cl2N5O5. The number of hydrogen-bond acceptors (Lipinski definition) is 8. The van der Waals surface area contributed by atoms with Crippen molar-refractivity contribution < 1.29 is 20.1 Å². The summed E-state index contributed by atoms with van der Waals surface area (Å²) in [6.45, 7) is -0.447. The summed E-state index contributed by atoms with van der Waals surface area (Å²) in [5.74, 6) is -0.101. The van der Waals surface area contributed by atoms with E-state index in [-0.39, 0.29) is 41.9 Å². The molecular weight excluding hydrogens is 341 g/mol. The fourth-order valence-electron chi connectivity index (χ4n) is 2.24. The Labute approximate surface area is 135 Å². The van der Waals surface area contributed by atoms with E-state index in [9.17, 15) is 15.0 Å². The number of aliphatic hydroxyl groups excluding tert-OH is 3. The van der Waals surface area contributed by atoms with Gasteiger partial charge in [-0.1, -0.05) is 0 Å². The second-order valence-electron chi connectivity index (χ2n) is 4.50. The van der Waals surface area contributed by atoms with Crippen molar-refractivity contribution in [1.82, 2.24) is 19.5 Å². The molecule has 0 aliphatic carbocycles. The van der Waals surface area contributed by atoms with Crippen molar-refractivity contribution in [3.63, 3.8) is 0 Å². The fourth-order valence-corrected chi connectivity index (χ4v) is 2.24. The standard InChI is InChI=1S/C10H13N5O5.2ClH/c11-10-13-7-4(8(19)14-10)12-2-15(7)9-6(18)5(17)3(1-16)20-9;;/h2-3,5-6,9,16-18H,1H2,(H3,11,13,14,19);2*1H/t3-,5-,6-,9-;;/m1../s1. The van der Waals surface area contributed by atoms with Crippen LogP contribution in [0.25, 0.3) is 11.2 Å². The number of anilines is 1. The molecule has 0 unspecified atom stereocenters. The van der Waals surface area contributed by atoms with Gasteiger partial charge in [0.25, 0.3) is 5.56 Å². The van der Waals surface area contributed by atoms with Crippen LogP contribution < -0.4 is 11.3 Å². The van der Waals surface area contributed by atoms with E-state index in [4.69, 9.17) is 15.6 Å². The molecule has 0 bridgehead atoms. The van der Waals surface area contributed by atoms with Crippen LogP contribution in [0.15, 0.2) is 11.1 Å². The zero-order valence-electron chi connectivity index (χ0n) is 11.0. The van der Waals surface area contributed by atoms with Gasteiger partial charge in [0.05, 0.1) is 12.9 Å². The Kier molecular flexibility index (Phi) is 5.73. The summed E-state index contributed by atoms with van der Waals surface area (Å²) in [7, 11) is 0. The van der Waals surface area contributed by atoms with Crippen molar-refractivity contribution in [2.45, 2.75) is 24.5 Å². The quantitative estimate of drug-likeness (QED) is 0.420. The highest BCUT2D eigenvalue weighted by Crippen LogP contribution is 2.30. The number of H-pyrrole nitrogens is 1. The molecule has 12 heteroatoms. The van der Waals surface area contributed by atoms with Gasteiger partial charge < -0.3 is 25.8 Å². The SMILES string of the molecule is Cl.Cl.Nc1nc2c(ncn2[C@@H]2O[C@H](CO)[C@@H](O)[C@H]2O)c(=O)[nH]1. The molecule has 0 amide bonds. The van der Waals surface area contributed by atoms with E-state index in [1.165, 1.54) is 10.9 Å². The number of rotatable bonds is 2. The van der Waals surface area contributed by atoms with Gasteiger partial charge in [-0.25, -0.2) is 4.98 Å². The number of halogens is 2. The average molecular weight is 356 g/mol. The number of nitrogens with one attached hydrogen (secondary N) is 1. The Bertz CT molecular complexity index is 707. The minimum absolute atomic E-state index is 0. The van der Waals surface area contributed by atoms with Crippen molar-refractivity contribution in [1.29, 1.82) is 0 Å². The highest BCUT2D eigenvalue weighted by Gasteiger charge is 2.44. The Morgan fingerprint density at radius 3 is 2.64 bits per heavy atom.